The number of hydrogen-bond acceptors (Lipinski definition) is 5. The Hall–Kier alpha value is -2.13. The van der Waals surface area contributed by atoms with Gasteiger partial charge in [0.05, 0.1) is 6.54 Å². The Morgan fingerprint density at radius 1 is 1.28 bits per heavy atom. The fourth-order valence-electron chi connectivity index (χ4n) is 2.71. The van der Waals surface area contributed by atoms with Gasteiger partial charge < -0.3 is 4.74 Å². The fourth-order valence-corrected chi connectivity index (χ4v) is 4.27. The average Bonchev–Trinajstić information content (AvgIpc) is 2.55. The second-order valence-electron chi connectivity index (χ2n) is 5.76. The van der Waals surface area contributed by atoms with Crippen molar-refractivity contribution in [1.29, 1.82) is 0 Å². The van der Waals surface area contributed by atoms with E-state index in [2.05, 4.69) is 9.97 Å². The van der Waals surface area contributed by atoms with Crippen molar-refractivity contribution in [2.45, 2.75) is 30.8 Å². The standard InChI is InChI=1S/C16H17F2N3O3S/c1-11-19-7-6-16(20-11)24-13-3-2-8-21(10-13)25(22,23)15-5-4-12(17)9-14(15)18/h4-7,9,13H,2-3,8,10H2,1H3. The van der Waals surface area contributed by atoms with Crippen molar-refractivity contribution in [3.05, 3.63) is 47.9 Å². The summed E-state index contributed by atoms with van der Waals surface area (Å²) in [5.74, 6) is -1.01. The summed E-state index contributed by atoms with van der Waals surface area (Å²) in [6.07, 6.45) is 2.38. The van der Waals surface area contributed by atoms with E-state index in [9.17, 15) is 17.2 Å². The molecule has 1 aliphatic heterocycles. The third-order valence-corrected chi connectivity index (χ3v) is 5.79. The number of aryl methyl sites for hydroxylation is 1. The first kappa shape index (κ1) is 17.7. The first-order valence-corrected chi connectivity index (χ1v) is 9.22. The lowest BCUT2D eigenvalue weighted by atomic mass is 10.1. The normalized spacial score (nSPS) is 18.9. The molecule has 1 unspecified atom stereocenters. The number of rotatable bonds is 4. The van der Waals surface area contributed by atoms with Gasteiger partial charge in [-0.05, 0) is 31.9 Å². The van der Waals surface area contributed by atoms with Crippen LogP contribution in [0, 0.1) is 18.6 Å². The average molecular weight is 369 g/mol. The summed E-state index contributed by atoms with van der Waals surface area (Å²) in [5, 5.41) is 0. The van der Waals surface area contributed by atoms with E-state index in [1.165, 1.54) is 0 Å². The van der Waals surface area contributed by atoms with Crippen LogP contribution in [0.15, 0.2) is 35.4 Å². The number of hydrogen-bond donors (Lipinski definition) is 0. The molecule has 0 aliphatic carbocycles. The first-order chi connectivity index (χ1) is 11.9. The summed E-state index contributed by atoms with van der Waals surface area (Å²) in [4.78, 5) is 7.57. The van der Waals surface area contributed by atoms with Crippen LogP contribution in [0.1, 0.15) is 18.7 Å². The maximum atomic E-state index is 13.9. The molecule has 9 heteroatoms. The Labute approximate surface area is 144 Å². The van der Waals surface area contributed by atoms with Gasteiger partial charge in [0.2, 0.25) is 15.9 Å². The minimum Gasteiger partial charge on any atom is -0.473 e. The number of aromatic nitrogens is 2. The minimum absolute atomic E-state index is 0.0716. The van der Waals surface area contributed by atoms with Crippen LogP contribution in [-0.2, 0) is 10.0 Å². The number of sulfonamides is 1. The number of benzene rings is 1. The van der Waals surface area contributed by atoms with E-state index in [1.54, 1.807) is 19.2 Å². The molecule has 1 atom stereocenters. The fraction of sp³-hybridized carbons (Fsp3) is 0.375. The van der Waals surface area contributed by atoms with Gasteiger partial charge in [-0.2, -0.15) is 9.29 Å². The first-order valence-electron chi connectivity index (χ1n) is 7.78. The second kappa shape index (κ2) is 7.01. The Balaban J connectivity index is 1.78. The molecular formula is C16H17F2N3O3S. The molecule has 0 spiro atoms. The zero-order valence-electron chi connectivity index (χ0n) is 13.5. The van der Waals surface area contributed by atoms with Crippen LogP contribution in [-0.4, -0.2) is 41.9 Å². The molecule has 0 saturated carbocycles. The predicted molar refractivity (Wildman–Crippen MR) is 85.5 cm³/mol. The van der Waals surface area contributed by atoms with E-state index in [4.69, 9.17) is 4.74 Å². The summed E-state index contributed by atoms with van der Waals surface area (Å²) in [6, 6.07) is 4.03. The van der Waals surface area contributed by atoms with E-state index in [0.29, 0.717) is 30.6 Å². The van der Waals surface area contributed by atoms with Crippen molar-refractivity contribution < 1.29 is 21.9 Å². The molecule has 6 nitrogen and oxygen atoms in total. The van der Waals surface area contributed by atoms with Gasteiger partial charge >= 0.3 is 0 Å². The van der Waals surface area contributed by atoms with Crippen molar-refractivity contribution in [3.63, 3.8) is 0 Å². The molecule has 0 bridgehead atoms. The van der Waals surface area contributed by atoms with Crippen LogP contribution in [0.4, 0.5) is 8.78 Å². The summed E-state index contributed by atoms with van der Waals surface area (Å²) in [7, 11) is -4.06. The van der Waals surface area contributed by atoms with Crippen LogP contribution >= 0.6 is 0 Å². The molecule has 25 heavy (non-hydrogen) atoms. The van der Waals surface area contributed by atoms with E-state index in [0.717, 1.165) is 16.4 Å². The molecule has 3 rings (SSSR count). The number of halogens is 2. The molecule has 1 aromatic carbocycles. The van der Waals surface area contributed by atoms with Crippen molar-refractivity contribution in [3.8, 4) is 5.88 Å². The lowest BCUT2D eigenvalue weighted by Gasteiger charge is -2.31. The van der Waals surface area contributed by atoms with Gasteiger partial charge in [-0.25, -0.2) is 22.2 Å². The van der Waals surface area contributed by atoms with Crippen molar-refractivity contribution >= 4 is 10.0 Å². The maximum Gasteiger partial charge on any atom is 0.246 e. The molecule has 1 saturated heterocycles. The molecule has 0 amide bonds. The zero-order chi connectivity index (χ0) is 18.0. The van der Waals surface area contributed by atoms with Gasteiger partial charge in [0.1, 0.15) is 28.5 Å². The van der Waals surface area contributed by atoms with Gasteiger partial charge in [0, 0.05) is 24.9 Å². The SMILES string of the molecule is Cc1nccc(OC2CCCN(S(=O)(=O)c3ccc(F)cc3F)C2)n1. The highest BCUT2D eigenvalue weighted by Gasteiger charge is 2.33. The van der Waals surface area contributed by atoms with E-state index < -0.39 is 32.7 Å². The quantitative estimate of drug-likeness (QED) is 0.827. The second-order valence-corrected chi connectivity index (χ2v) is 7.67. The Kier molecular flexibility index (Phi) is 4.96. The molecule has 1 aromatic heterocycles. The third kappa shape index (κ3) is 3.93. The number of nitrogens with zero attached hydrogens (tertiary/aromatic N) is 3. The molecule has 1 aliphatic rings. The van der Waals surface area contributed by atoms with Crippen LogP contribution in [0.5, 0.6) is 5.88 Å². The van der Waals surface area contributed by atoms with Gasteiger partial charge in [0.15, 0.2) is 0 Å². The largest absolute Gasteiger partial charge is 0.473 e. The zero-order valence-corrected chi connectivity index (χ0v) is 14.3. The van der Waals surface area contributed by atoms with Gasteiger partial charge in [0.25, 0.3) is 0 Å². The van der Waals surface area contributed by atoms with Crippen LogP contribution in [0.25, 0.3) is 0 Å². The van der Waals surface area contributed by atoms with E-state index >= 15 is 0 Å². The smallest absolute Gasteiger partial charge is 0.246 e. The molecule has 0 radical (unpaired) electrons. The molecule has 134 valence electrons. The predicted octanol–water partition coefficient (Wildman–Crippen LogP) is 2.30. The maximum absolute atomic E-state index is 13.9. The summed E-state index contributed by atoms with van der Waals surface area (Å²) in [6.45, 7) is 2.05. The molecule has 0 N–H and O–H groups in total. The van der Waals surface area contributed by atoms with Gasteiger partial charge in [-0.3, -0.25) is 0 Å². The lowest BCUT2D eigenvalue weighted by Crippen LogP contribution is -2.44. The monoisotopic (exact) mass is 369 g/mol. The third-order valence-electron chi connectivity index (χ3n) is 3.89. The Morgan fingerprint density at radius 2 is 2.08 bits per heavy atom. The molecule has 1 fully saturated rings. The van der Waals surface area contributed by atoms with E-state index in [-0.39, 0.29) is 13.1 Å². The Bertz CT molecular complexity index is 877. The highest BCUT2D eigenvalue weighted by molar-refractivity contribution is 7.89. The highest BCUT2D eigenvalue weighted by Crippen LogP contribution is 2.25. The molecule has 2 heterocycles. The topological polar surface area (TPSA) is 72.4 Å². The molecular weight excluding hydrogens is 352 g/mol. The van der Waals surface area contributed by atoms with Crippen molar-refractivity contribution in [1.82, 2.24) is 14.3 Å². The van der Waals surface area contributed by atoms with Crippen LogP contribution < -0.4 is 4.74 Å². The van der Waals surface area contributed by atoms with Gasteiger partial charge in [-0.15, -0.1) is 0 Å². The van der Waals surface area contributed by atoms with Crippen LogP contribution in [0.2, 0.25) is 0 Å². The van der Waals surface area contributed by atoms with E-state index in [1.807, 2.05) is 0 Å². The van der Waals surface area contributed by atoms with Crippen molar-refractivity contribution in [2.24, 2.45) is 0 Å². The Morgan fingerprint density at radius 3 is 2.80 bits per heavy atom. The summed E-state index contributed by atoms with van der Waals surface area (Å²) in [5.41, 5.74) is 0. The lowest BCUT2D eigenvalue weighted by molar-refractivity contribution is 0.124. The molecule has 2 aromatic rings. The van der Waals surface area contributed by atoms with Gasteiger partial charge in [-0.1, -0.05) is 0 Å². The van der Waals surface area contributed by atoms with Crippen molar-refractivity contribution in [2.75, 3.05) is 13.1 Å². The number of ether oxygens (including phenoxy) is 1. The number of piperidine rings is 1. The summed E-state index contributed by atoms with van der Waals surface area (Å²) < 4.78 is 59.1. The minimum atomic E-state index is -4.06. The summed E-state index contributed by atoms with van der Waals surface area (Å²) >= 11 is 0. The van der Waals surface area contributed by atoms with Crippen LogP contribution in [0.3, 0.4) is 0 Å². The highest BCUT2D eigenvalue weighted by atomic mass is 32.2.